The van der Waals surface area contributed by atoms with Crippen molar-refractivity contribution in [2.24, 2.45) is 0 Å². The highest BCUT2D eigenvalue weighted by Crippen LogP contribution is 2.39. The van der Waals surface area contributed by atoms with Gasteiger partial charge in [-0.15, -0.1) is 0 Å². The Labute approximate surface area is 133 Å². The van der Waals surface area contributed by atoms with Crippen LogP contribution in [0, 0.1) is 0 Å². The highest BCUT2D eigenvalue weighted by Gasteiger charge is 2.16. The lowest BCUT2D eigenvalue weighted by molar-refractivity contribution is 0.174. The van der Waals surface area contributed by atoms with Gasteiger partial charge in [0.25, 0.3) is 0 Å². The Morgan fingerprint density at radius 3 is 2.52 bits per heavy atom. The van der Waals surface area contributed by atoms with Crippen molar-refractivity contribution in [3.8, 4) is 34.3 Å². The molecule has 1 aliphatic rings. The molecular weight excluding hydrogens is 294 g/mol. The Balaban J connectivity index is 1.93. The van der Waals surface area contributed by atoms with Crippen LogP contribution in [0.1, 0.15) is 0 Å². The van der Waals surface area contributed by atoms with Crippen LogP contribution >= 0.6 is 0 Å². The number of benzene rings is 2. The predicted molar refractivity (Wildman–Crippen MR) is 86.4 cm³/mol. The van der Waals surface area contributed by atoms with E-state index in [0.29, 0.717) is 11.5 Å². The Morgan fingerprint density at radius 1 is 0.913 bits per heavy atom. The Bertz CT molecular complexity index is 892. The molecule has 2 heterocycles. The third kappa shape index (κ3) is 2.21. The van der Waals surface area contributed by atoms with Crippen molar-refractivity contribution in [3.05, 3.63) is 42.6 Å². The lowest BCUT2D eigenvalue weighted by Crippen LogP contribution is -1.93. The summed E-state index contributed by atoms with van der Waals surface area (Å²) in [6.45, 7) is 0.257. The van der Waals surface area contributed by atoms with Crippen LogP contribution in [0.2, 0.25) is 0 Å². The summed E-state index contributed by atoms with van der Waals surface area (Å²) in [5.41, 5.74) is 1.83. The fourth-order valence-corrected chi connectivity index (χ4v) is 2.77. The second-order valence-electron chi connectivity index (χ2n) is 5.16. The second kappa shape index (κ2) is 5.35. The first kappa shape index (κ1) is 13.7. The van der Waals surface area contributed by atoms with Crippen LogP contribution in [-0.4, -0.2) is 26.0 Å². The minimum atomic E-state index is 0.257. The summed E-state index contributed by atoms with van der Waals surface area (Å²) < 4.78 is 21.6. The zero-order valence-electron chi connectivity index (χ0n) is 12.8. The van der Waals surface area contributed by atoms with Gasteiger partial charge < -0.3 is 18.9 Å². The largest absolute Gasteiger partial charge is 0.493 e. The quantitative estimate of drug-likeness (QED) is 0.739. The first-order valence-electron chi connectivity index (χ1n) is 7.21. The van der Waals surface area contributed by atoms with Crippen LogP contribution in [0.4, 0.5) is 0 Å². The molecule has 4 rings (SSSR count). The number of aromatic nitrogens is 1. The van der Waals surface area contributed by atoms with Gasteiger partial charge in [0.15, 0.2) is 23.0 Å². The molecular formula is C18H15NO4. The normalized spacial score (nSPS) is 12.4. The highest BCUT2D eigenvalue weighted by atomic mass is 16.7. The van der Waals surface area contributed by atoms with E-state index in [4.69, 9.17) is 18.9 Å². The zero-order chi connectivity index (χ0) is 15.8. The number of methoxy groups -OCH3 is 2. The maximum Gasteiger partial charge on any atom is 0.231 e. The molecule has 0 fully saturated rings. The number of pyridine rings is 1. The molecule has 0 atom stereocenters. The van der Waals surface area contributed by atoms with Gasteiger partial charge in [-0.1, -0.05) is 0 Å². The molecule has 0 amide bonds. The van der Waals surface area contributed by atoms with E-state index in [9.17, 15) is 0 Å². The monoisotopic (exact) mass is 309 g/mol. The van der Waals surface area contributed by atoms with Gasteiger partial charge in [-0.3, -0.25) is 4.98 Å². The molecule has 0 spiro atoms. The number of fused-ring (bicyclic) bond motifs is 2. The second-order valence-corrected chi connectivity index (χ2v) is 5.16. The average Bonchev–Trinajstić information content (AvgIpc) is 3.07. The van der Waals surface area contributed by atoms with Gasteiger partial charge in [0.2, 0.25) is 6.79 Å². The van der Waals surface area contributed by atoms with E-state index in [1.807, 2.05) is 36.4 Å². The van der Waals surface area contributed by atoms with Crippen molar-refractivity contribution < 1.29 is 18.9 Å². The van der Waals surface area contributed by atoms with Gasteiger partial charge in [0.05, 0.1) is 19.9 Å². The smallest absolute Gasteiger partial charge is 0.231 e. The summed E-state index contributed by atoms with van der Waals surface area (Å²) in [6.07, 6.45) is 1.79. The molecule has 0 bridgehead atoms. The van der Waals surface area contributed by atoms with Crippen molar-refractivity contribution >= 4 is 10.8 Å². The van der Waals surface area contributed by atoms with Gasteiger partial charge in [0, 0.05) is 17.1 Å². The summed E-state index contributed by atoms with van der Waals surface area (Å²) in [5, 5.41) is 2.02. The summed E-state index contributed by atoms with van der Waals surface area (Å²) in [7, 11) is 3.25. The van der Waals surface area contributed by atoms with Crippen molar-refractivity contribution in [2.75, 3.05) is 21.0 Å². The summed E-state index contributed by atoms with van der Waals surface area (Å²) in [5.74, 6) is 2.87. The number of hydrogen-bond donors (Lipinski definition) is 0. The van der Waals surface area contributed by atoms with E-state index in [1.54, 1.807) is 20.4 Å². The first-order valence-corrected chi connectivity index (χ1v) is 7.21. The van der Waals surface area contributed by atoms with E-state index in [0.717, 1.165) is 33.5 Å². The van der Waals surface area contributed by atoms with Crippen molar-refractivity contribution in [1.29, 1.82) is 0 Å². The van der Waals surface area contributed by atoms with Gasteiger partial charge in [-0.25, -0.2) is 0 Å². The molecule has 116 valence electrons. The first-order chi connectivity index (χ1) is 11.3. The fraction of sp³-hybridized carbons (Fsp3) is 0.167. The predicted octanol–water partition coefficient (Wildman–Crippen LogP) is 3.65. The van der Waals surface area contributed by atoms with Crippen LogP contribution < -0.4 is 18.9 Å². The lowest BCUT2D eigenvalue weighted by atomic mass is 10.0. The molecule has 1 aliphatic heterocycles. The Morgan fingerprint density at radius 2 is 1.70 bits per heavy atom. The highest BCUT2D eigenvalue weighted by molar-refractivity contribution is 5.96. The van der Waals surface area contributed by atoms with E-state index >= 15 is 0 Å². The molecule has 0 unspecified atom stereocenters. The van der Waals surface area contributed by atoms with Crippen LogP contribution in [0.5, 0.6) is 23.0 Å². The molecule has 3 aromatic rings. The lowest BCUT2D eigenvalue weighted by Gasteiger charge is -2.12. The maximum absolute atomic E-state index is 5.46. The molecule has 5 heteroatoms. The third-order valence-corrected chi connectivity index (χ3v) is 3.91. The van der Waals surface area contributed by atoms with Crippen LogP contribution in [0.15, 0.2) is 42.6 Å². The summed E-state index contributed by atoms with van der Waals surface area (Å²) >= 11 is 0. The van der Waals surface area contributed by atoms with Crippen LogP contribution in [0.25, 0.3) is 22.0 Å². The Hall–Kier alpha value is -2.95. The van der Waals surface area contributed by atoms with Crippen molar-refractivity contribution in [1.82, 2.24) is 4.98 Å². The van der Waals surface area contributed by atoms with Crippen molar-refractivity contribution in [2.45, 2.75) is 0 Å². The molecule has 2 aromatic carbocycles. The SMILES string of the molecule is COc1cc2ccnc(-c3ccc4c(c3)OCO4)c2cc1OC. The van der Waals surface area contributed by atoms with Crippen molar-refractivity contribution in [3.63, 3.8) is 0 Å². The molecule has 0 aliphatic carbocycles. The minimum Gasteiger partial charge on any atom is -0.493 e. The standard InChI is InChI=1S/C18H15NO4/c1-20-15-7-11-5-6-19-18(13(11)9-16(15)21-2)12-3-4-14-17(8-12)23-10-22-14/h3-9H,10H2,1-2H3. The van der Waals surface area contributed by atoms with Gasteiger partial charge in [0.1, 0.15) is 0 Å². The van der Waals surface area contributed by atoms with Gasteiger partial charge in [-0.05, 0) is 41.8 Å². The van der Waals surface area contributed by atoms with E-state index in [2.05, 4.69) is 4.98 Å². The van der Waals surface area contributed by atoms with Crippen LogP contribution in [0.3, 0.4) is 0 Å². The number of hydrogen-bond acceptors (Lipinski definition) is 5. The van der Waals surface area contributed by atoms with Gasteiger partial charge in [-0.2, -0.15) is 0 Å². The molecule has 0 saturated carbocycles. The topological polar surface area (TPSA) is 49.8 Å². The van der Waals surface area contributed by atoms with E-state index < -0.39 is 0 Å². The molecule has 5 nitrogen and oxygen atoms in total. The van der Waals surface area contributed by atoms with Gasteiger partial charge >= 0.3 is 0 Å². The third-order valence-electron chi connectivity index (χ3n) is 3.91. The minimum absolute atomic E-state index is 0.257. The summed E-state index contributed by atoms with van der Waals surface area (Å²) in [6, 6.07) is 11.7. The fourth-order valence-electron chi connectivity index (χ4n) is 2.77. The average molecular weight is 309 g/mol. The molecule has 0 saturated heterocycles. The Kier molecular flexibility index (Phi) is 3.19. The van der Waals surface area contributed by atoms with Crippen LogP contribution in [-0.2, 0) is 0 Å². The maximum atomic E-state index is 5.46. The summed E-state index contributed by atoms with van der Waals surface area (Å²) in [4.78, 5) is 4.54. The molecule has 1 aromatic heterocycles. The molecule has 0 radical (unpaired) electrons. The molecule has 0 N–H and O–H groups in total. The van der Waals surface area contributed by atoms with E-state index in [-0.39, 0.29) is 6.79 Å². The number of rotatable bonds is 3. The zero-order valence-corrected chi connectivity index (χ0v) is 12.8. The number of nitrogens with zero attached hydrogens (tertiary/aromatic N) is 1. The number of ether oxygens (including phenoxy) is 4. The molecule has 23 heavy (non-hydrogen) atoms. The van der Waals surface area contributed by atoms with E-state index in [1.165, 1.54) is 0 Å².